The molecule has 0 saturated heterocycles. The topological polar surface area (TPSA) is 84.2 Å². The van der Waals surface area contributed by atoms with E-state index in [-0.39, 0.29) is 6.42 Å². The van der Waals surface area contributed by atoms with Gasteiger partial charge < -0.3 is 10.4 Å². The molecule has 0 radical (unpaired) electrons. The smallest absolute Gasteiger partial charge is 0.305 e. The van der Waals surface area contributed by atoms with Crippen LogP contribution in [0.5, 0.6) is 0 Å². The van der Waals surface area contributed by atoms with Gasteiger partial charge in [0.15, 0.2) is 0 Å². The first kappa shape index (κ1) is 17.3. The largest absolute Gasteiger partial charge is 0.481 e. The number of benzene rings is 2. The molecule has 6 nitrogen and oxygen atoms in total. The van der Waals surface area contributed by atoms with Crippen LogP contribution in [0.4, 0.5) is 4.39 Å². The summed E-state index contributed by atoms with van der Waals surface area (Å²) in [5.41, 5.74) is 1.60. The van der Waals surface area contributed by atoms with Crippen LogP contribution in [0, 0.1) is 5.82 Å². The lowest BCUT2D eigenvalue weighted by Gasteiger charge is -2.18. The monoisotopic (exact) mass is 353 g/mol. The molecule has 1 amide bonds. The van der Waals surface area contributed by atoms with E-state index in [0.717, 1.165) is 0 Å². The molecule has 1 atom stereocenters. The maximum absolute atomic E-state index is 13.1. The summed E-state index contributed by atoms with van der Waals surface area (Å²) in [6, 6.07) is 13.2. The molecule has 26 heavy (non-hydrogen) atoms. The van der Waals surface area contributed by atoms with Crippen molar-refractivity contribution in [2.24, 2.45) is 0 Å². The van der Waals surface area contributed by atoms with E-state index in [1.54, 1.807) is 47.4 Å². The Hall–Kier alpha value is -3.48. The second-order valence-electron chi connectivity index (χ2n) is 5.68. The number of nitrogens with zero attached hydrogens (tertiary/aromatic N) is 2. The van der Waals surface area contributed by atoms with Gasteiger partial charge in [-0.05, 0) is 42.0 Å². The average molecular weight is 353 g/mol. The summed E-state index contributed by atoms with van der Waals surface area (Å²) in [5, 5.41) is 15.9. The molecule has 0 fully saturated rings. The van der Waals surface area contributed by atoms with Gasteiger partial charge in [-0.2, -0.15) is 5.10 Å². The highest BCUT2D eigenvalue weighted by Crippen LogP contribution is 2.19. The zero-order valence-electron chi connectivity index (χ0n) is 13.7. The zero-order chi connectivity index (χ0) is 18.5. The number of halogens is 1. The van der Waals surface area contributed by atoms with Gasteiger partial charge in [-0.1, -0.05) is 18.2 Å². The van der Waals surface area contributed by atoms with E-state index >= 15 is 0 Å². The first-order chi connectivity index (χ1) is 12.5. The zero-order valence-corrected chi connectivity index (χ0v) is 13.7. The van der Waals surface area contributed by atoms with Crippen LogP contribution in [0.15, 0.2) is 67.0 Å². The molecule has 3 rings (SSSR count). The van der Waals surface area contributed by atoms with E-state index in [1.165, 1.54) is 24.3 Å². The van der Waals surface area contributed by atoms with E-state index in [2.05, 4.69) is 10.4 Å². The fourth-order valence-electron chi connectivity index (χ4n) is 2.57. The minimum Gasteiger partial charge on any atom is -0.481 e. The number of hydrogen-bond donors (Lipinski definition) is 2. The lowest BCUT2D eigenvalue weighted by Crippen LogP contribution is -2.30. The quantitative estimate of drug-likeness (QED) is 0.714. The molecule has 2 N–H and O–H groups in total. The van der Waals surface area contributed by atoms with E-state index in [0.29, 0.717) is 16.8 Å². The van der Waals surface area contributed by atoms with Crippen molar-refractivity contribution in [3.63, 3.8) is 0 Å². The third-order valence-corrected chi connectivity index (χ3v) is 3.83. The number of amides is 1. The third kappa shape index (κ3) is 4.13. The van der Waals surface area contributed by atoms with Crippen LogP contribution in [-0.4, -0.2) is 26.8 Å². The first-order valence-corrected chi connectivity index (χ1v) is 7.91. The summed E-state index contributed by atoms with van der Waals surface area (Å²) >= 11 is 0. The molecule has 0 aliphatic carbocycles. The summed E-state index contributed by atoms with van der Waals surface area (Å²) in [6.45, 7) is 0. The number of aliphatic carboxylic acids is 1. The van der Waals surface area contributed by atoms with Crippen molar-refractivity contribution in [2.75, 3.05) is 0 Å². The molecular weight excluding hydrogens is 337 g/mol. The van der Waals surface area contributed by atoms with Crippen molar-refractivity contribution in [3.05, 3.63) is 83.9 Å². The number of carbonyl (C=O) groups excluding carboxylic acids is 1. The van der Waals surface area contributed by atoms with Crippen molar-refractivity contribution in [2.45, 2.75) is 12.5 Å². The summed E-state index contributed by atoms with van der Waals surface area (Å²) in [5.74, 6) is -1.92. The van der Waals surface area contributed by atoms with Crippen LogP contribution in [0.3, 0.4) is 0 Å². The number of hydrogen-bond acceptors (Lipinski definition) is 3. The summed E-state index contributed by atoms with van der Waals surface area (Å²) in [4.78, 5) is 23.7. The molecule has 0 spiro atoms. The minimum atomic E-state index is -1.06. The lowest BCUT2D eigenvalue weighted by atomic mass is 10.0. The van der Waals surface area contributed by atoms with E-state index < -0.39 is 23.7 Å². The van der Waals surface area contributed by atoms with Crippen LogP contribution < -0.4 is 5.32 Å². The van der Waals surface area contributed by atoms with E-state index in [4.69, 9.17) is 5.11 Å². The second-order valence-corrected chi connectivity index (χ2v) is 5.68. The van der Waals surface area contributed by atoms with Gasteiger partial charge in [0.05, 0.1) is 18.2 Å². The maximum Gasteiger partial charge on any atom is 0.305 e. The standard InChI is InChI=1S/C19H16FN3O3/c20-15-7-5-13(6-8-15)17(12-18(24)25)22-19(26)14-3-1-4-16(11-14)23-10-2-9-21-23/h1-11,17H,12H2,(H,22,26)(H,24,25). The maximum atomic E-state index is 13.1. The van der Waals surface area contributed by atoms with Crippen molar-refractivity contribution in [3.8, 4) is 5.69 Å². The van der Waals surface area contributed by atoms with Crippen molar-refractivity contribution in [1.82, 2.24) is 15.1 Å². The summed E-state index contributed by atoms with van der Waals surface area (Å²) in [6.07, 6.45) is 3.07. The van der Waals surface area contributed by atoms with Gasteiger partial charge >= 0.3 is 5.97 Å². The molecule has 2 aromatic carbocycles. The first-order valence-electron chi connectivity index (χ1n) is 7.91. The van der Waals surface area contributed by atoms with Crippen LogP contribution in [-0.2, 0) is 4.79 Å². The number of carboxylic acids is 1. The van der Waals surface area contributed by atoms with Gasteiger partial charge in [0.25, 0.3) is 5.91 Å². The summed E-state index contributed by atoms with van der Waals surface area (Å²) in [7, 11) is 0. The van der Waals surface area contributed by atoms with Crippen molar-refractivity contribution >= 4 is 11.9 Å². The molecule has 7 heteroatoms. The SMILES string of the molecule is O=C(O)CC(NC(=O)c1cccc(-n2cccn2)c1)c1ccc(F)cc1. The number of carbonyl (C=O) groups is 2. The lowest BCUT2D eigenvalue weighted by molar-refractivity contribution is -0.137. The Bertz CT molecular complexity index is 908. The molecule has 0 aliphatic heterocycles. The van der Waals surface area contributed by atoms with Crippen LogP contribution in [0.25, 0.3) is 5.69 Å². The Labute approximate surface area is 148 Å². The fourth-order valence-corrected chi connectivity index (χ4v) is 2.57. The fraction of sp³-hybridized carbons (Fsp3) is 0.105. The summed E-state index contributed by atoms with van der Waals surface area (Å²) < 4.78 is 14.7. The van der Waals surface area contributed by atoms with Crippen LogP contribution >= 0.6 is 0 Å². The minimum absolute atomic E-state index is 0.309. The molecule has 1 unspecified atom stereocenters. The highest BCUT2D eigenvalue weighted by molar-refractivity contribution is 5.95. The Kier molecular flexibility index (Phi) is 5.07. The molecule has 0 saturated carbocycles. The van der Waals surface area contributed by atoms with Gasteiger partial charge in [-0.15, -0.1) is 0 Å². The van der Waals surface area contributed by atoms with Crippen molar-refractivity contribution in [1.29, 1.82) is 0 Å². The van der Waals surface area contributed by atoms with Crippen LogP contribution in [0.2, 0.25) is 0 Å². The average Bonchev–Trinajstić information content (AvgIpc) is 3.16. The van der Waals surface area contributed by atoms with E-state index in [1.807, 2.05) is 0 Å². The molecule has 0 bridgehead atoms. The Morgan fingerprint density at radius 1 is 1.15 bits per heavy atom. The van der Waals surface area contributed by atoms with Crippen LogP contribution in [0.1, 0.15) is 28.4 Å². The molecule has 3 aromatic rings. The highest BCUT2D eigenvalue weighted by Gasteiger charge is 2.19. The number of aromatic nitrogens is 2. The van der Waals surface area contributed by atoms with E-state index in [9.17, 15) is 14.0 Å². The van der Waals surface area contributed by atoms with Gasteiger partial charge in [0.1, 0.15) is 5.82 Å². The molecule has 1 aromatic heterocycles. The van der Waals surface area contributed by atoms with Gasteiger partial charge in [-0.3, -0.25) is 9.59 Å². The highest BCUT2D eigenvalue weighted by atomic mass is 19.1. The second kappa shape index (κ2) is 7.60. The normalized spacial score (nSPS) is 11.7. The van der Waals surface area contributed by atoms with Gasteiger partial charge in [-0.25, -0.2) is 9.07 Å². The van der Waals surface area contributed by atoms with Crippen molar-refractivity contribution < 1.29 is 19.1 Å². The number of carboxylic acid groups (broad SMARTS) is 1. The van der Waals surface area contributed by atoms with Gasteiger partial charge in [0, 0.05) is 18.0 Å². The predicted octanol–water partition coefficient (Wildman–Crippen LogP) is 2.96. The molecule has 132 valence electrons. The molecule has 1 heterocycles. The number of rotatable bonds is 6. The Morgan fingerprint density at radius 3 is 2.58 bits per heavy atom. The third-order valence-electron chi connectivity index (χ3n) is 3.83. The Morgan fingerprint density at radius 2 is 1.92 bits per heavy atom. The predicted molar refractivity (Wildman–Crippen MR) is 92.4 cm³/mol. The van der Waals surface area contributed by atoms with Gasteiger partial charge in [0.2, 0.25) is 0 Å². The molecular formula is C19H16FN3O3. The number of nitrogens with one attached hydrogen (secondary N) is 1. The Balaban J connectivity index is 1.82. The molecule has 0 aliphatic rings.